The third-order valence-electron chi connectivity index (χ3n) is 5.86. The Morgan fingerprint density at radius 3 is 2.46 bits per heavy atom. The number of hydrogen-bond acceptors (Lipinski definition) is 5. The molecule has 0 fully saturated rings. The van der Waals surface area contributed by atoms with E-state index in [2.05, 4.69) is 30.8 Å². The summed E-state index contributed by atoms with van der Waals surface area (Å²) in [4.78, 5) is 20.9. The first-order valence-electron chi connectivity index (χ1n) is 11.5. The number of nitrogens with one attached hydrogen (secondary N) is 2. The Bertz CT molecular complexity index is 1630. The predicted molar refractivity (Wildman–Crippen MR) is 137 cm³/mol. The molecule has 5 aromatic rings. The molecule has 0 atom stereocenters. The lowest BCUT2D eigenvalue weighted by Gasteiger charge is -2.14. The zero-order chi connectivity index (χ0) is 26.3. The van der Waals surface area contributed by atoms with Crippen LogP contribution < -0.4 is 10.6 Å². The third-order valence-corrected chi connectivity index (χ3v) is 5.86. The molecule has 9 nitrogen and oxygen atoms in total. The number of fused-ring (bicyclic) bond motifs is 1. The van der Waals surface area contributed by atoms with Crippen LogP contribution in [0.2, 0.25) is 0 Å². The quantitative estimate of drug-likeness (QED) is 0.341. The maximum absolute atomic E-state index is 15.0. The average molecular weight is 503 g/mol. The highest BCUT2D eigenvalue weighted by Gasteiger charge is 2.22. The summed E-state index contributed by atoms with van der Waals surface area (Å²) in [5.41, 5.74) is 2.79. The summed E-state index contributed by atoms with van der Waals surface area (Å²) in [5, 5.41) is 14.8. The Labute approximate surface area is 211 Å². The fourth-order valence-electron chi connectivity index (χ4n) is 3.89. The molecule has 0 aliphatic rings. The molecule has 0 saturated carbocycles. The Balaban J connectivity index is 1.40. The molecule has 11 heteroatoms. The molecule has 0 radical (unpaired) electrons. The molecule has 4 aromatic heterocycles. The maximum Gasteiger partial charge on any atom is 0.324 e. The Morgan fingerprint density at radius 2 is 1.73 bits per heavy atom. The van der Waals surface area contributed by atoms with Crippen molar-refractivity contribution in [3.63, 3.8) is 0 Å². The monoisotopic (exact) mass is 502 g/mol. The van der Waals surface area contributed by atoms with Gasteiger partial charge in [-0.05, 0) is 17.7 Å². The lowest BCUT2D eigenvalue weighted by atomic mass is 9.92. The molecule has 4 heterocycles. The largest absolute Gasteiger partial charge is 0.324 e. The molecule has 0 aliphatic heterocycles. The Hall–Kier alpha value is -4.67. The fourth-order valence-corrected chi connectivity index (χ4v) is 3.89. The van der Waals surface area contributed by atoms with Gasteiger partial charge in [-0.1, -0.05) is 26.8 Å². The van der Waals surface area contributed by atoms with Gasteiger partial charge in [0.25, 0.3) is 0 Å². The SMILES string of the molecule is Cn1ncc2c(-c3ccc(NC(=O)Nc4cc(C(C)(C)C)nn4-c4cncc(F)c4)c(F)c3)cncc21. The number of halogens is 2. The summed E-state index contributed by atoms with van der Waals surface area (Å²) < 4.78 is 31.9. The van der Waals surface area contributed by atoms with Crippen LogP contribution in [-0.2, 0) is 12.5 Å². The number of carbonyl (C=O) groups is 1. The van der Waals surface area contributed by atoms with Gasteiger partial charge in [-0.2, -0.15) is 10.2 Å². The molecular formula is C26H24F2N8O. The minimum Gasteiger partial charge on any atom is -0.305 e. The summed E-state index contributed by atoms with van der Waals surface area (Å²) in [6, 6.07) is 6.76. The van der Waals surface area contributed by atoms with Gasteiger partial charge in [0.15, 0.2) is 0 Å². The number of nitrogens with zero attached hydrogens (tertiary/aromatic N) is 6. The molecule has 0 bridgehead atoms. The molecule has 37 heavy (non-hydrogen) atoms. The van der Waals surface area contributed by atoms with E-state index < -0.39 is 17.7 Å². The van der Waals surface area contributed by atoms with Crippen LogP contribution in [0, 0.1) is 11.6 Å². The molecule has 1 aromatic carbocycles. The van der Waals surface area contributed by atoms with E-state index in [9.17, 15) is 9.18 Å². The number of benzene rings is 1. The number of pyridine rings is 2. The summed E-state index contributed by atoms with van der Waals surface area (Å²) in [7, 11) is 1.81. The third kappa shape index (κ3) is 4.75. The molecule has 0 spiro atoms. The van der Waals surface area contributed by atoms with Gasteiger partial charge >= 0.3 is 6.03 Å². The topological polar surface area (TPSA) is 103 Å². The Kier molecular flexibility index (Phi) is 5.90. The number of anilines is 2. The summed E-state index contributed by atoms with van der Waals surface area (Å²) in [5.74, 6) is -0.881. The second-order valence-corrected chi connectivity index (χ2v) is 9.60. The predicted octanol–water partition coefficient (Wildman–Crippen LogP) is 5.44. The number of aryl methyl sites for hydroxylation is 1. The summed E-state index contributed by atoms with van der Waals surface area (Å²) in [6.07, 6.45) is 7.55. The van der Waals surface area contributed by atoms with Gasteiger partial charge in [0.1, 0.15) is 17.5 Å². The van der Waals surface area contributed by atoms with Crippen molar-refractivity contribution in [1.82, 2.24) is 29.5 Å². The lowest BCUT2D eigenvalue weighted by Crippen LogP contribution is -2.22. The summed E-state index contributed by atoms with van der Waals surface area (Å²) in [6.45, 7) is 5.89. The molecule has 0 saturated heterocycles. The van der Waals surface area contributed by atoms with Crippen LogP contribution in [0.1, 0.15) is 26.5 Å². The van der Waals surface area contributed by atoms with Crippen LogP contribution in [0.5, 0.6) is 0 Å². The van der Waals surface area contributed by atoms with E-state index in [4.69, 9.17) is 0 Å². The van der Waals surface area contributed by atoms with E-state index >= 15 is 4.39 Å². The van der Waals surface area contributed by atoms with E-state index in [1.165, 1.54) is 29.1 Å². The first kappa shape index (κ1) is 24.0. The molecule has 0 aliphatic carbocycles. The second kappa shape index (κ2) is 9.08. The van der Waals surface area contributed by atoms with Gasteiger partial charge in [-0.15, -0.1) is 0 Å². The highest BCUT2D eigenvalue weighted by atomic mass is 19.1. The molecule has 5 rings (SSSR count). The van der Waals surface area contributed by atoms with Crippen molar-refractivity contribution < 1.29 is 13.6 Å². The van der Waals surface area contributed by atoms with Crippen LogP contribution in [0.4, 0.5) is 25.1 Å². The number of urea groups is 1. The van der Waals surface area contributed by atoms with Crippen molar-refractivity contribution in [2.45, 2.75) is 26.2 Å². The highest BCUT2D eigenvalue weighted by molar-refractivity contribution is 6.00. The molecule has 2 N–H and O–H groups in total. The number of carbonyl (C=O) groups excluding carboxylic acids is 1. The lowest BCUT2D eigenvalue weighted by molar-refractivity contribution is 0.262. The zero-order valence-corrected chi connectivity index (χ0v) is 20.6. The van der Waals surface area contributed by atoms with E-state index in [0.29, 0.717) is 16.9 Å². The smallest absolute Gasteiger partial charge is 0.305 e. The van der Waals surface area contributed by atoms with Gasteiger partial charge < -0.3 is 5.32 Å². The van der Waals surface area contributed by atoms with Gasteiger partial charge in [-0.25, -0.2) is 18.3 Å². The van der Waals surface area contributed by atoms with E-state index in [1.807, 2.05) is 20.8 Å². The Morgan fingerprint density at radius 1 is 0.946 bits per heavy atom. The van der Waals surface area contributed by atoms with Crippen molar-refractivity contribution in [1.29, 1.82) is 0 Å². The van der Waals surface area contributed by atoms with E-state index in [1.54, 1.807) is 42.5 Å². The van der Waals surface area contributed by atoms with Crippen molar-refractivity contribution in [2.75, 3.05) is 10.6 Å². The fraction of sp³-hybridized carbons (Fsp3) is 0.192. The van der Waals surface area contributed by atoms with E-state index in [-0.39, 0.29) is 16.9 Å². The minimum absolute atomic E-state index is 0.0119. The van der Waals surface area contributed by atoms with Gasteiger partial charge in [-0.3, -0.25) is 20.0 Å². The average Bonchev–Trinajstić information content (AvgIpc) is 3.44. The number of aromatic nitrogens is 6. The van der Waals surface area contributed by atoms with Gasteiger partial charge in [0.05, 0.1) is 47.4 Å². The second-order valence-electron chi connectivity index (χ2n) is 9.60. The van der Waals surface area contributed by atoms with Crippen LogP contribution in [0.25, 0.3) is 27.7 Å². The van der Waals surface area contributed by atoms with Crippen molar-refractivity contribution >= 4 is 28.4 Å². The van der Waals surface area contributed by atoms with Crippen LogP contribution in [-0.4, -0.2) is 35.6 Å². The normalized spacial score (nSPS) is 11.6. The van der Waals surface area contributed by atoms with Crippen molar-refractivity contribution in [3.8, 4) is 16.8 Å². The van der Waals surface area contributed by atoms with Crippen LogP contribution >= 0.6 is 0 Å². The van der Waals surface area contributed by atoms with Gasteiger partial charge in [0, 0.05) is 41.7 Å². The maximum atomic E-state index is 15.0. The first-order valence-corrected chi connectivity index (χ1v) is 11.5. The van der Waals surface area contributed by atoms with Crippen molar-refractivity contribution in [3.05, 3.63) is 78.6 Å². The molecule has 2 amide bonds. The van der Waals surface area contributed by atoms with Crippen LogP contribution in [0.3, 0.4) is 0 Å². The zero-order valence-electron chi connectivity index (χ0n) is 20.6. The number of amides is 2. The minimum atomic E-state index is -0.686. The van der Waals surface area contributed by atoms with Gasteiger partial charge in [0.2, 0.25) is 0 Å². The standard InChI is InChI=1S/C26H24F2N8O/c1-26(2,3)23-9-24(36(34-23)17-8-16(27)10-29-11-17)33-25(37)32-21-6-5-15(7-20(21)28)18-12-30-14-22-19(18)13-31-35(22)4/h5-14H,1-4H3,(H2,32,33,37). The number of hydrogen-bond donors (Lipinski definition) is 2. The highest BCUT2D eigenvalue weighted by Crippen LogP contribution is 2.30. The van der Waals surface area contributed by atoms with Crippen molar-refractivity contribution in [2.24, 2.45) is 7.05 Å². The molecule has 188 valence electrons. The van der Waals surface area contributed by atoms with Crippen LogP contribution in [0.15, 0.2) is 61.3 Å². The van der Waals surface area contributed by atoms with E-state index in [0.717, 1.165) is 22.7 Å². The number of rotatable bonds is 4. The molecule has 0 unspecified atom stereocenters. The molecular weight excluding hydrogens is 478 g/mol. The summed E-state index contributed by atoms with van der Waals surface area (Å²) >= 11 is 0. The first-order chi connectivity index (χ1) is 17.6.